The van der Waals surface area contributed by atoms with Crippen LogP contribution in [0.5, 0.6) is 0 Å². The van der Waals surface area contributed by atoms with Crippen molar-refractivity contribution in [2.45, 2.75) is 0 Å². The van der Waals surface area contributed by atoms with Crippen molar-refractivity contribution in [3.63, 3.8) is 0 Å². The van der Waals surface area contributed by atoms with Crippen molar-refractivity contribution in [1.29, 1.82) is 0 Å². The highest BCUT2D eigenvalue weighted by Gasteiger charge is 2.33. The van der Waals surface area contributed by atoms with Gasteiger partial charge < -0.3 is 19.1 Å². The predicted molar refractivity (Wildman–Crippen MR) is 92.8 cm³/mol. The van der Waals surface area contributed by atoms with E-state index in [-0.39, 0.29) is 24.6 Å². The van der Waals surface area contributed by atoms with Gasteiger partial charge in [0.05, 0.1) is 37.6 Å². The van der Waals surface area contributed by atoms with Crippen LogP contribution in [0.3, 0.4) is 0 Å². The van der Waals surface area contributed by atoms with E-state index in [1.165, 1.54) is 14.2 Å². The fourth-order valence-corrected chi connectivity index (χ4v) is 3.38. The monoisotopic (exact) mass is 409 g/mol. The summed E-state index contributed by atoms with van der Waals surface area (Å²) in [6.07, 6.45) is 0. The smallest absolute Gasteiger partial charge is 0.355 e. The summed E-state index contributed by atoms with van der Waals surface area (Å²) in [5, 5.41) is 5.22. The van der Waals surface area contributed by atoms with Crippen LogP contribution in [0, 0.1) is 0 Å². The topological polar surface area (TPSA) is 82.9 Å². The van der Waals surface area contributed by atoms with E-state index in [1.54, 1.807) is 16.6 Å². The molecule has 0 bridgehead atoms. The van der Waals surface area contributed by atoms with Crippen LogP contribution in [-0.2, 0) is 30.8 Å². The highest BCUT2D eigenvalue weighted by molar-refractivity contribution is 9.10. The minimum atomic E-state index is -0.637. The molecule has 0 saturated carbocycles. The van der Waals surface area contributed by atoms with E-state index in [9.17, 15) is 9.59 Å². The average molecular weight is 410 g/mol. The lowest BCUT2D eigenvalue weighted by molar-refractivity contribution is -0.140. The van der Waals surface area contributed by atoms with E-state index in [0.717, 1.165) is 10.9 Å². The van der Waals surface area contributed by atoms with Gasteiger partial charge >= 0.3 is 11.9 Å². The Bertz CT molecular complexity index is 889. The molecule has 0 spiro atoms. The summed E-state index contributed by atoms with van der Waals surface area (Å²) in [6, 6.07) is 5.57. The minimum absolute atomic E-state index is 0.0291. The number of carbonyl (C=O) groups excluding carboxylic acids is 2. The lowest BCUT2D eigenvalue weighted by atomic mass is 10.1. The Kier molecular flexibility index (Phi) is 4.78. The maximum atomic E-state index is 12.4. The number of fused-ring (bicyclic) bond motifs is 1. The van der Waals surface area contributed by atoms with Crippen molar-refractivity contribution in [1.82, 2.24) is 9.78 Å². The van der Waals surface area contributed by atoms with Gasteiger partial charge in [0, 0.05) is 12.4 Å². The standard InChI is InChI=1S/C16H16BrN3O5/c1-19-12-9(14(17)18-19)5-4-6-11(12)20-8-25-7-10(15(21)23-2)13(20)16(22)24-3/h4-6H,7-8H2,1-3H3. The molecule has 0 saturated heterocycles. The Morgan fingerprint density at radius 2 is 1.96 bits per heavy atom. The lowest BCUT2D eigenvalue weighted by Gasteiger charge is -2.31. The molecule has 132 valence electrons. The Labute approximate surface area is 152 Å². The number of aryl methyl sites for hydroxylation is 1. The summed E-state index contributed by atoms with van der Waals surface area (Å²) < 4.78 is 17.5. The van der Waals surface area contributed by atoms with Crippen LogP contribution < -0.4 is 4.90 Å². The van der Waals surface area contributed by atoms with Gasteiger partial charge in [0.2, 0.25) is 0 Å². The van der Waals surface area contributed by atoms with Gasteiger partial charge in [-0.15, -0.1) is 0 Å². The molecular weight excluding hydrogens is 394 g/mol. The lowest BCUT2D eigenvalue weighted by Crippen LogP contribution is -2.39. The molecule has 1 aliphatic heterocycles. The number of aromatic nitrogens is 2. The molecule has 0 amide bonds. The number of para-hydroxylation sites is 1. The number of benzene rings is 1. The molecule has 0 atom stereocenters. The Morgan fingerprint density at radius 3 is 2.64 bits per heavy atom. The normalized spacial score (nSPS) is 14.8. The first-order valence-electron chi connectivity index (χ1n) is 7.35. The van der Waals surface area contributed by atoms with Gasteiger partial charge in [-0.05, 0) is 28.1 Å². The van der Waals surface area contributed by atoms with Crippen molar-refractivity contribution in [2.24, 2.45) is 7.05 Å². The van der Waals surface area contributed by atoms with Crippen molar-refractivity contribution in [3.8, 4) is 0 Å². The number of carbonyl (C=O) groups is 2. The molecule has 1 aromatic heterocycles. The second-order valence-corrected chi connectivity index (χ2v) is 6.05. The predicted octanol–water partition coefficient (Wildman–Crippen LogP) is 1.73. The third-order valence-corrected chi connectivity index (χ3v) is 4.51. The Balaban J connectivity index is 2.25. The van der Waals surface area contributed by atoms with Crippen molar-refractivity contribution < 1.29 is 23.8 Å². The van der Waals surface area contributed by atoms with Crippen molar-refractivity contribution in [2.75, 3.05) is 32.5 Å². The third kappa shape index (κ3) is 2.89. The largest absolute Gasteiger partial charge is 0.466 e. The van der Waals surface area contributed by atoms with Gasteiger partial charge in [0.25, 0.3) is 0 Å². The number of rotatable bonds is 3. The van der Waals surface area contributed by atoms with Crippen LogP contribution in [0.4, 0.5) is 5.69 Å². The maximum absolute atomic E-state index is 12.4. The van der Waals surface area contributed by atoms with Crippen LogP contribution in [-0.4, -0.2) is 49.3 Å². The number of hydrogen-bond acceptors (Lipinski definition) is 7. The van der Waals surface area contributed by atoms with Crippen molar-refractivity contribution in [3.05, 3.63) is 34.1 Å². The molecule has 8 nitrogen and oxygen atoms in total. The third-order valence-electron chi connectivity index (χ3n) is 3.92. The molecule has 9 heteroatoms. The zero-order valence-corrected chi connectivity index (χ0v) is 15.5. The quantitative estimate of drug-likeness (QED) is 0.713. The molecule has 2 aromatic rings. The highest BCUT2D eigenvalue weighted by Crippen LogP contribution is 2.35. The van der Waals surface area contributed by atoms with E-state index in [1.807, 2.05) is 18.2 Å². The average Bonchev–Trinajstić information content (AvgIpc) is 2.94. The number of nitrogens with zero attached hydrogens (tertiary/aromatic N) is 3. The van der Waals surface area contributed by atoms with Gasteiger partial charge in [-0.25, -0.2) is 9.59 Å². The fraction of sp³-hybridized carbons (Fsp3) is 0.312. The number of anilines is 1. The Hall–Kier alpha value is -2.39. The van der Waals surface area contributed by atoms with Crippen LogP contribution >= 0.6 is 15.9 Å². The number of esters is 2. The molecule has 0 fully saturated rings. The first kappa shape index (κ1) is 17.4. The number of halogens is 1. The molecule has 1 aromatic carbocycles. The molecule has 25 heavy (non-hydrogen) atoms. The van der Waals surface area contributed by atoms with Crippen molar-refractivity contribution >= 4 is 44.5 Å². The van der Waals surface area contributed by atoms with Gasteiger partial charge in [-0.3, -0.25) is 4.68 Å². The van der Waals surface area contributed by atoms with E-state index in [0.29, 0.717) is 10.3 Å². The maximum Gasteiger partial charge on any atom is 0.355 e. The van der Waals surface area contributed by atoms with Crippen LogP contribution in [0.15, 0.2) is 34.1 Å². The van der Waals surface area contributed by atoms with Gasteiger partial charge in [0.1, 0.15) is 17.0 Å². The summed E-state index contributed by atoms with van der Waals surface area (Å²) in [4.78, 5) is 26.1. The molecule has 0 aliphatic carbocycles. The molecule has 3 rings (SSSR count). The summed E-state index contributed by atoms with van der Waals surface area (Å²) >= 11 is 3.42. The number of hydrogen-bond donors (Lipinski definition) is 0. The molecule has 0 radical (unpaired) electrons. The van der Waals surface area contributed by atoms with E-state index >= 15 is 0 Å². The summed E-state index contributed by atoms with van der Waals surface area (Å²) in [7, 11) is 4.31. The van der Waals surface area contributed by atoms with Gasteiger partial charge in [-0.2, -0.15) is 5.10 Å². The van der Waals surface area contributed by atoms with Crippen LogP contribution in [0.2, 0.25) is 0 Å². The van der Waals surface area contributed by atoms with E-state index in [2.05, 4.69) is 21.0 Å². The molecule has 2 heterocycles. The zero-order valence-electron chi connectivity index (χ0n) is 13.9. The number of methoxy groups -OCH3 is 2. The zero-order chi connectivity index (χ0) is 18.1. The van der Waals surface area contributed by atoms with Gasteiger partial charge in [0.15, 0.2) is 0 Å². The first-order chi connectivity index (χ1) is 12.0. The molecular formula is C16H16BrN3O5. The first-order valence-corrected chi connectivity index (χ1v) is 8.15. The Morgan fingerprint density at radius 1 is 1.24 bits per heavy atom. The van der Waals surface area contributed by atoms with E-state index in [4.69, 9.17) is 14.2 Å². The second-order valence-electron chi connectivity index (χ2n) is 5.30. The molecule has 0 unspecified atom stereocenters. The van der Waals surface area contributed by atoms with Gasteiger partial charge in [-0.1, -0.05) is 6.07 Å². The molecule has 1 aliphatic rings. The van der Waals surface area contributed by atoms with Crippen LogP contribution in [0.25, 0.3) is 10.9 Å². The summed E-state index contributed by atoms with van der Waals surface area (Å²) in [5.41, 5.74) is 1.66. The highest BCUT2D eigenvalue weighted by atomic mass is 79.9. The minimum Gasteiger partial charge on any atom is -0.466 e. The SMILES string of the molecule is COC(=O)C1=C(C(=O)OC)N(c2cccc3c(Br)nn(C)c23)COC1. The summed E-state index contributed by atoms with van der Waals surface area (Å²) in [5.74, 6) is -1.27. The second kappa shape index (κ2) is 6.85. The molecule has 0 N–H and O–H groups in total. The summed E-state index contributed by atoms with van der Waals surface area (Å²) in [6.45, 7) is 0.0610. The van der Waals surface area contributed by atoms with E-state index < -0.39 is 11.9 Å². The number of ether oxygens (including phenoxy) is 3. The van der Waals surface area contributed by atoms with Crippen LogP contribution in [0.1, 0.15) is 0 Å². The fourth-order valence-electron chi connectivity index (χ4n) is 2.82.